The quantitative estimate of drug-likeness (QED) is 0.395. The molecule has 0 bridgehead atoms. The van der Waals surface area contributed by atoms with Crippen molar-refractivity contribution in [3.8, 4) is 0 Å². The zero-order valence-electron chi connectivity index (χ0n) is 17.0. The molecule has 3 aromatic rings. The van der Waals surface area contributed by atoms with Crippen molar-refractivity contribution in [2.24, 2.45) is 0 Å². The summed E-state index contributed by atoms with van der Waals surface area (Å²) in [7, 11) is 0. The number of fused-ring (bicyclic) bond motifs is 1. The molecule has 0 amide bonds. The number of hydrogen-bond donors (Lipinski definition) is 4. The fourth-order valence-electron chi connectivity index (χ4n) is 4.06. The molecule has 0 saturated heterocycles. The van der Waals surface area contributed by atoms with Crippen molar-refractivity contribution in [3.63, 3.8) is 0 Å². The van der Waals surface area contributed by atoms with Crippen LogP contribution in [0.2, 0.25) is 0 Å². The molecule has 4 rings (SSSR count). The lowest BCUT2D eigenvalue weighted by atomic mass is 9.90. The monoisotopic (exact) mass is 448 g/mol. The van der Waals surface area contributed by atoms with Gasteiger partial charge in [0, 0.05) is 25.2 Å². The van der Waals surface area contributed by atoms with Gasteiger partial charge < -0.3 is 20.8 Å². The lowest BCUT2D eigenvalue weighted by Crippen LogP contribution is -2.43. The molecule has 8 nitrogen and oxygen atoms in total. The molecule has 1 aliphatic rings. The lowest BCUT2D eigenvalue weighted by Gasteiger charge is -2.36. The van der Waals surface area contributed by atoms with E-state index in [-0.39, 0.29) is 13.2 Å². The standard InChI is InChI=1S/C20H28N6O2S2/c1-13-12-17(30-25-13)23-20-22-16-6-11-29-18(16)19(24-20)21-14-2-4-15(5-3-14)26(7-9-27)8-10-28/h6,11-12,14-15,27-28H,2-5,7-10H2,1H3,(H2,21,22,23,24). The normalized spacial score (nSPS) is 19.5. The van der Waals surface area contributed by atoms with Crippen LogP contribution in [-0.2, 0) is 0 Å². The second-order valence-electron chi connectivity index (χ2n) is 7.62. The Morgan fingerprint density at radius 1 is 1.13 bits per heavy atom. The maximum absolute atomic E-state index is 9.30. The zero-order valence-corrected chi connectivity index (χ0v) is 18.7. The zero-order chi connectivity index (χ0) is 20.9. The van der Waals surface area contributed by atoms with Crippen LogP contribution in [0.5, 0.6) is 0 Å². The fraction of sp³-hybridized carbons (Fsp3) is 0.550. The summed E-state index contributed by atoms with van der Waals surface area (Å²) < 4.78 is 5.38. The number of hydrogen-bond acceptors (Lipinski definition) is 10. The van der Waals surface area contributed by atoms with E-state index < -0.39 is 0 Å². The molecule has 162 valence electrons. The fourth-order valence-corrected chi connectivity index (χ4v) is 5.50. The summed E-state index contributed by atoms with van der Waals surface area (Å²) in [5.74, 6) is 1.46. The summed E-state index contributed by atoms with van der Waals surface area (Å²) in [6.07, 6.45) is 4.15. The number of aliphatic hydroxyl groups excluding tert-OH is 2. The molecule has 3 aromatic heterocycles. The van der Waals surface area contributed by atoms with Crippen molar-refractivity contribution in [1.82, 2.24) is 19.2 Å². The van der Waals surface area contributed by atoms with Gasteiger partial charge in [0.2, 0.25) is 5.95 Å². The van der Waals surface area contributed by atoms with Crippen LogP contribution >= 0.6 is 22.9 Å². The van der Waals surface area contributed by atoms with Crippen LogP contribution in [0.4, 0.5) is 16.8 Å². The number of nitrogens with zero attached hydrogens (tertiary/aromatic N) is 4. The number of aliphatic hydroxyl groups is 2. The third kappa shape index (κ3) is 5.06. The van der Waals surface area contributed by atoms with Crippen LogP contribution in [0.25, 0.3) is 10.2 Å². The van der Waals surface area contributed by atoms with Gasteiger partial charge in [0.05, 0.1) is 29.1 Å². The minimum absolute atomic E-state index is 0.129. The first-order valence-electron chi connectivity index (χ1n) is 10.3. The summed E-state index contributed by atoms with van der Waals surface area (Å²) >= 11 is 3.06. The number of anilines is 3. The molecule has 1 aliphatic carbocycles. The average molecular weight is 449 g/mol. The molecule has 10 heteroatoms. The van der Waals surface area contributed by atoms with E-state index in [0.29, 0.717) is 31.1 Å². The summed E-state index contributed by atoms with van der Waals surface area (Å²) in [4.78, 5) is 11.6. The van der Waals surface area contributed by atoms with Crippen molar-refractivity contribution in [1.29, 1.82) is 0 Å². The Balaban J connectivity index is 1.44. The Morgan fingerprint density at radius 2 is 1.90 bits per heavy atom. The first-order chi connectivity index (χ1) is 14.7. The van der Waals surface area contributed by atoms with Gasteiger partial charge in [-0.1, -0.05) is 0 Å². The van der Waals surface area contributed by atoms with Gasteiger partial charge in [-0.2, -0.15) is 9.36 Å². The Kier molecular flexibility index (Phi) is 7.11. The largest absolute Gasteiger partial charge is 0.395 e. The van der Waals surface area contributed by atoms with Crippen LogP contribution in [-0.4, -0.2) is 67.8 Å². The summed E-state index contributed by atoms with van der Waals surface area (Å²) in [5.41, 5.74) is 1.91. The molecule has 30 heavy (non-hydrogen) atoms. The third-order valence-electron chi connectivity index (χ3n) is 5.49. The Hall–Kier alpha value is -1.85. The van der Waals surface area contributed by atoms with Gasteiger partial charge >= 0.3 is 0 Å². The van der Waals surface area contributed by atoms with E-state index in [1.807, 2.05) is 24.4 Å². The Morgan fingerprint density at radius 3 is 2.57 bits per heavy atom. The molecule has 0 radical (unpaired) electrons. The van der Waals surface area contributed by atoms with Gasteiger partial charge in [-0.05, 0) is 61.7 Å². The number of aromatic nitrogens is 3. The third-order valence-corrected chi connectivity index (χ3v) is 7.20. The topological polar surface area (TPSA) is 106 Å². The maximum atomic E-state index is 9.30. The molecule has 4 N–H and O–H groups in total. The van der Waals surface area contributed by atoms with Gasteiger partial charge in [-0.25, -0.2) is 4.98 Å². The van der Waals surface area contributed by atoms with Crippen LogP contribution in [0.1, 0.15) is 31.4 Å². The molecule has 0 unspecified atom stereocenters. The first kappa shape index (κ1) is 21.4. The molecule has 1 fully saturated rings. The minimum atomic E-state index is 0.129. The Bertz CT molecular complexity index is 948. The van der Waals surface area contributed by atoms with Gasteiger partial charge in [-0.15, -0.1) is 11.3 Å². The van der Waals surface area contributed by atoms with Gasteiger partial charge in [0.25, 0.3) is 0 Å². The van der Waals surface area contributed by atoms with E-state index in [1.54, 1.807) is 11.3 Å². The molecule has 0 atom stereocenters. The highest BCUT2D eigenvalue weighted by Crippen LogP contribution is 2.32. The van der Waals surface area contributed by atoms with E-state index in [2.05, 4.69) is 24.9 Å². The lowest BCUT2D eigenvalue weighted by molar-refractivity contribution is 0.0992. The highest BCUT2D eigenvalue weighted by Gasteiger charge is 2.26. The second kappa shape index (κ2) is 9.97. The first-order valence-corrected chi connectivity index (χ1v) is 12.0. The van der Waals surface area contributed by atoms with E-state index in [1.165, 1.54) is 11.5 Å². The van der Waals surface area contributed by atoms with Crippen molar-refractivity contribution in [2.45, 2.75) is 44.7 Å². The van der Waals surface area contributed by atoms with Crippen LogP contribution in [0, 0.1) is 6.92 Å². The summed E-state index contributed by atoms with van der Waals surface area (Å²) in [6, 6.07) is 4.78. The van der Waals surface area contributed by atoms with Crippen molar-refractivity contribution >= 4 is 49.9 Å². The van der Waals surface area contributed by atoms with Crippen LogP contribution in [0.3, 0.4) is 0 Å². The number of rotatable bonds is 9. The highest BCUT2D eigenvalue weighted by atomic mass is 32.1. The van der Waals surface area contributed by atoms with Crippen molar-refractivity contribution in [2.75, 3.05) is 36.9 Å². The number of nitrogens with one attached hydrogen (secondary N) is 2. The van der Waals surface area contributed by atoms with Crippen molar-refractivity contribution in [3.05, 3.63) is 23.2 Å². The SMILES string of the molecule is Cc1cc(Nc2nc(NC3CCC(N(CCO)CCO)CC3)c3sccc3n2)sn1. The highest BCUT2D eigenvalue weighted by molar-refractivity contribution is 7.17. The predicted molar refractivity (Wildman–Crippen MR) is 123 cm³/mol. The van der Waals surface area contributed by atoms with Crippen LogP contribution < -0.4 is 10.6 Å². The smallest absolute Gasteiger partial charge is 0.230 e. The maximum Gasteiger partial charge on any atom is 0.230 e. The molecule has 0 aromatic carbocycles. The molecular weight excluding hydrogens is 420 g/mol. The molecular formula is C20H28N6O2S2. The summed E-state index contributed by atoms with van der Waals surface area (Å²) in [5, 5.41) is 28.5. The van der Waals surface area contributed by atoms with Gasteiger partial charge in [-0.3, -0.25) is 4.90 Å². The molecule has 0 spiro atoms. The van der Waals surface area contributed by atoms with Crippen LogP contribution in [0.15, 0.2) is 17.5 Å². The van der Waals surface area contributed by atoms with Crippen molar-refractivity contribution < 1.29 is 10.2 Å². The van der Waals surface area contributed by atoms with E-state index in [9.17, 15) is 10.2 Å². The average Bonchev–Trinajstić information content (AvgIpc) is 3.37. The molecule has 1 saturated carbocycles. The van der Waals surface area contributed by atoms with E-state index in [4.69, 9.17) is 4.98 Å². The minimum Gasteiger partial charge on any atom is -0.395 e. The second-order valence-corrected chi connectivity index (χ2v) is 9.34. The summed E-state index contributed by atoms with van der Waals surface area (Å²) in [6.45, 7) is 3.47. The van der Waals surface area contributed by atoms with E-state index >= 15 is 0 Å². The molecule has 0 aliphatic heterocycles. The Labute approximate surface area is 184 Å². The predicted octanol–water partition coefficient (Wildman–Crippen LogP) is 3.21. The van der Waals surface area contributed by atoms with Gasteiger partial charge in [0.1, 0.15) is 10.8 Å². The van der Waals surface area contributed by atoms with Gasteiger partial charge in [0.15, 0.2) is 0 Å². The number of aryl methyl sites for hydroxylation is 1. The molecule has 3 heterocycles. The van der Waals surface area contributed by atoms with E-state index in [0.717, 1.165) is 52.4 Å². The number of thiophene rings is 1.